The molecule has 17 heavy (non-hydrogen) atoms. The molecule has 0 radical (unpaired) electrons. The van der Waals surface area contributed by atoms with Crippen LogP contribution in [0.2, 0.25) is 0 Å². The van der Waals surface area contributed by atoms with Crippen LogP contribution in [-0.4, -0.2) is 0 Å². The van der Waals surface area contributed by atoms with Crippen molar-refractivity contribution >= 4 is 11.3 Å². The molecule has 1 aromatic carbocycles. The summed E-state index contributed by atoms with van der Waals surface area (Å²) in [6, 6.07) is 12.8. The first-order chi connectivity index (χ1) is 8.08. The molecule has 1 nitrogen and oxygen atoms in total. The smallest absolute Gasteiger partial charge is 0.0384 e. The summed E-state index contributed by atoms with van der Waals surface area (Å²) in [5.74, 6) is 0. The van der Waals surface area contributed by atoms with E-state index in [-0.39, 0.29) is 5.54 Å². The molecule has 0 amide bonds. The molecule has 90 valence electrons. The fraction of sp³-hybridized carbons (Fsp3) is 0.333. The Bertz CT molecular complexity index is 454. The highest BCUT2D eigenvalue weighted by atomic mass is 32.1. The molecule has 2 rings (SSSR count). The Labute approximate surface area is 107 Å². The molecule has 2 N–H and O–H groups in total. The van der Waals surface area contributed by atoms with Gasteiger partial charge in [-0.15, -0.1) is 11.3 Å². The molecule has 2 aromatic rings. The average molecular weight is 245 g/mol. The highest BCUT2D eigenvalue weighted by Crippen LogP contribution is 2.25. The Balaban J connectivity index is 2.05. The Morgan fingerprint density at radius 2 is 1.88 bits per heavy atom. The van der Waals surface area contributed by atoms with Gasteiger partial charge in [-0.3, -0.25) is 0 Å². The molecule has 1 atom stereocenters. The summed E-state index contributed by atoms with van der Waals surface area (Å²) < 4.78 is 0. The second kappa shape index (κ2) is 5.03. The molecule has 1 unspecified atom stereocenters. The van der Waals surface area contributed by atoms with Crippen LogP contribution in [0.25, 0.3) is 0 Å². The van der Waals surface area contributed by atoms with Crippen LogP contribution >= 0.6 is 11.3 Å². The van der Waals surface area contributed by atoms with Crippen LogP contribution in [0.1, 0.15) is 29.3 Å². The van der Waals surface area contributed by atoms with E-state index in [9.17, 15) is 0 Å². The van der Waals surface area contributed by atoms with Crippen molar-refractivity contribution in [3.8, 4) is 0 Å². The predicted molar refractivity (Wildman–Crippen MR) is 75.4 cm³/mol. The summed E-state index contributed by atoms with van der Waals surface area (Å²) >= 11 is 1.81. The van der Waals surface area contributed by atoms with Gasteiger partial charge in [-0.05, 0) is 43.7 Å². The maximum absolute atomic E-state index is 6.41. The minimum absolute atomic E-state index is 0.238. The monoisotopic (exact) mass is 245 g/mol. The molecular weight excluding hydrogens is 226 g/mol. The van der Waals surface area contributed by atoms with Crippen molar-refractivity contribution in [1.82, 2.24) is 0 Å². The van der Waals surface area contributed by atoms with Crippen molar-refractivity contribution in [3.05, 3.63) is 57.8 Å². The molecule has 0 aliphatic carbocycles. The Morgan fingerprint density at radius 1 is 1.18 bits per heavy atom. The lowest BCUT2D eigenvalue weighted by Crippen LogP contribution is -2.33. The third-order valence-corrected chi connectivity index (χ3v) is 4.12. The summed E-state index contributed by atoms with van der Waals surface area (Å²) in [5, 5.41) is 2.12. The lowest BCUT2D eigenvalue weighted by molar-refractivity contribution is 0.454. The first-order valence-electron chi connectivity index (χ1n) is 5.96. The van der Waals surface area contributed by atoms with Crippen LogP contribution in [0.5, 0.6) is 0 Å². The maximum atomic E-state index is 6.41. The average Bonchev–Trinajstić information content (AvgIpc) is 2.80. The lowest BCUT2D eigenvalue weighted by atomic mass is 9.88. The van der Waals surface area contributed by atoms with Gasteiger partial charge in [0.05, 0.1) is 0 Å². The molecule has 2 heteroatoms. The number of benzene rings is 1. The largest absolute Gasteiger partial charge is 0.322 e. The summed E-state index contributed by atoms with van der Waals surface area (Å²) in [7, 11) is 0. The van der Waals surface area contributed by atoms with Gasteiger partial charge in [-0.1, -0.05) is 35.9 Å². The van der Waals surface area contributed by atoms with Crippen LogP contribution < -0.4 is 5.73 Å². The van der Waals surface area contributed by atoms with Crippen molar-refractivity contribution < 1.29 is 0 Å². The van der Waals surface area contributed by atoms with Crippen molar-refractivity contribution in [2.45, 2.75) is 32.2 Å². The SMILES string of the molecule is Cc1ccc(C(C)(N)CCc2cccs2)cc1. The fourth-order valence-electron chi connectivity index (χ4n) is 1.92. The molecule has 0 aliphatic heterocycles. The normalized spacial score (nSPS) is 14.5. The van der Waals surface area contributed by atoms with E-state index in [0.29, 0.717) is 0 Å². The van der Waals surface area contributed by atoms with E-state index in [2.05, 4.69) is 55.6 Å². The van der Waals surface area contributed by atoms with Gasteiger partial charge in [0.2, 0.25) is 0 Å². The third-order valence-electron chi connectivity index (χ3n) is 3.18. The zero-order valence-electron chi connectivity index (χ0n) is 10.4. The van der Waals surface area contributed by atoms with Crippen molar-refractivity contribution in [3.63, 3.8) is 0 Å². The maximum Gasteiger partial charge on any atom is 0.0384 e. The molecular formula is C15H19NS. The highest BCUT2D eigenvalue weighted by Gasteiger charge is 2.20. The summed E-state index contributed by atoms with van der Waals surface area (Å²) in [6.07, 6.45) is 2.04. The molecule has 0 spiro atoms. The van der Waals surface area contributed by atoms with Crippen LogP contribution in [0, 0.1) is 6.92 Å². The Kier molecular flexibility index (Phi) is 3.65. The molecule has 1 aromatic heterocycles. The first kappa shape index (κ1) is 12.3. The third kappa shape index (κ3) is 3.18. The molecule has 0 saturated heterocycles. The van der Waals surface area contributed by atoms with Gasteiger partial charge in [0, 0.05) is 10.4 Å². The standard InChI is InChI=1S/C15H19NS/c1-12-5-7-13(8-6-12)15(2,16)10-9-14-4-3-11-17-14/h3-8,11H,9-10,16H2,1-2H3. The zero-order valence-corrected chi connectivity index (χ0v) is 11.3. The van der Waals surface area contributed by atoms with Crippen LogP contribution in [0.15, 0.2) is 41.8 Å². The summed E-state index contributed by atoms with van der Waals surface area (Å²) in [5.41, 5.74) is 8.67. The van der Waals surface area contributed by atoms with Gasteiger partial charge in [0.25, 0.3) is 0 Å². The number of aryl methyl sites for hydroxylation is 2. The lowest BCUT2D eigenvalue weighted by Gasteiger charge is -2.25. The van der Waals surface area contributed by atoms with Gasteiger partial charge in [-0.25, -0.2) is 0 Å². The highest BCUT2D eigenvalue weighted by molar-refractivity contribution is 7.09. The van der Waals surface area contributed by atoms with Crippen LogP contribution in [-0.2, 0) is 12.0 Å². The Hall–Kier alpha value is -1.12. The minimum atomic E-state index is -0.238. The zero-order chi connectivity index (χ0) is 12.3. The van der Waals surface area contributed by atoms with Crippen LogP contribution in [0.4, 0.5) is 0 Å². The number of hydrogen-bond donors (Lipinski definition) is 1. The second-order valence-corrected chi connectivity index (χ2v) is 5.90. The predicted octanol–water partition coefficient (Wildman–Crippen LogP) is 3.86. The number of rotatable bonds is 4. The molecule has 0 aliphatic rings. The van der Waals surface area contributed by atoms with E-state index in [0.717, 1.165) is 12.8 Å². The summed E-state index contributed by atoms with van der Waals surface area (Å²) in [4.78, 5) is 1.41. The fourth-order valence-corrected chi connectivity index (χ4v) is 2.63. The van der Waals surface area contributed by atoms with Crippen molar-refractivity contribution in [1.29, 1.82) is 0 Å². The van der Waals surface area contributed by atoms with Crippen LogP contribution in [0.3, 0.4) is 0 Å². The Morgan fingerprint density at radius 3 is 2.47 bits per heavy atom. The van der Waals surface area contributed by atoms with Crippen molar-refractivity contribution in [2.75, 3.05) is 0 Å². The van der Waals surface area contributed by atoms with Gasteiger partial charge in [-0.2, -0.15) is 0 Å². The topological polar surface area (TPSA) is 26.0 Å². The van der Waals surface area contributed by atoms with Crippen molar-refractivity contribution in [2.24, 2.45) is 5.73 Å². The minimum Gasteiger partial charge on any atom is -0.322 e. The number of thiophene rings is 1. The van der Waals surface area contributed by atoms with Gasteiger partial charge >= 0.3 is 0 Å². The number of nitrogens with two attached hydrogens (primary N) is 1. The molecule has 0 saturated carbocycles. The molecule has 1 heterocycles. The van der Waals surface area contributed by atoms with Gasteiger partial charge in [0.1, 0.15) is 0 Å². The second-order valence-electron chi connectivity index (χ2n) is 4.86. The van der Waals surface area contributed by atoms with E-state index in [1.54, 1.807) is 11.3 Å². The van der Waals surface area contributed by atoms with E-state index in [4.69, 9.17) is 5.73 Å². The first-order valence-corrected chi connectivity index (χ1v) is 6.84. The van der Waals surface area contributed by atoms with Gasteiger partial charge in [0.15, 0.2) is 0 Å². The van der Waals surface area contributed by atoms with Gasteiger partial charge < -0.3 is 5.73 Å². The van der Waals surface area contributed by atoms with E-state index < -0.39 is 0 Å². The molecule has 0 bridgehead atoms. The molecule has 0 fully saturated rings. The van der Waals surface area contributed by atoms with E-state index in [1.165, 1.54) is 16.0 Å². The van der Waals surface area contributed by atoms with E-state index >= 15 is 0 Å². The number of hydrogen-bond acceptors (Lipinski definition) is 2. The van der Waals surface area contributed by atoms with E-state index in [1.807, 2.05) is 0 Å². The quantitative estimate of drug-likeness (QED) is 0.869. The summed E-state index contributed by atoms with van der Waals surface area (Å²) in [6.45, 7) is 4.22.